The number of rotatable bonds is 4. The zero-order chi connectivity index (χ0) is 13.1. The van der Waals surface area contributed by atoms with Crippen molar-refractivity contribution in [1.29, 1.82) is 0 Å². The van der Waals surface area contributed by atoms with Gasteiger partial charge in [-0.25, -0.2) is 9.97 Å². The van der Waals surface area contributed by atoms with E-state index in [1.807, 2.05) is 17.6 Å². The van der Waals surface area contributed by atoms with Gasteiger partial charge in [0.2, 0.25) is 5.88 Å². The molecule has 0 spiro atoms. The lowest BCUT2D eigenvalue weighted by atomic mass is 10.2. The van der Waals surface area contributed by atoms with E-state index in [9.17, 15) is 0 Å². The third-order valence-corrected chi connectivity index (χ3v) is 2.73. The molecule has 5 heteroatoms. The molecule has 0 unspecified atom stereocenters. The third-order valence-electron chi connectivity index (χ3n) is 2.73. The Morgan fingerprint density at radius 2 is 2.28 bits per heavy atom. The molecule has 18 heavy (non-hydrogen) atoms. The maximum atomic E-state index is 6.09. The smallest absolute Gasteiger partial charge is 0.212 e. The molecular formula is C13H16N4O. The van der Waals surface area contributed by atoms with Gasteiger partial charge in [-0.1, -0.05) is 6.08 Å². The van der Waals surface area contributed by atoms with Gasteiger partial charge in [0.25, 0.3) is 0 Å². The fraction of sp³-hybridized carbons (Fsp3) is 0.231. The molecule has 0 aliphatic rings. The van der Waals surface area contributed by atoms with E-state index in [4.69, 9.17) is 10.5 Å². The summed E-state index contributed by atoms with van der Waals surface area (Å²) >= 11 is 0. The number of nitrogens with two attached hydrogens (primary N) is 1. The van der Waals surface area contributed by atoms with Gasteiger partial charge in [-0.2, -0.15) is 0 Å². The van der Waals surface area contributed by atoms with Gasteiger partial charge in [-0.15, -0.1) is 6.58 Å². The van der Waals surface area contributed by atoms with Crippen molar-refractivity contribution in [2.45, 2.75) is 13.5 Å². The first-order chi connectivity index (χ1) is 8.67. The van der Waals surface area contributed by atoms with Crippen LogP contribution in [0.3, 0.4) is 0 Å². The summed E-state index contributed by atoms with van der Waals surface area (Å²) < 4.78 is 6.93. The van der Waals surface area contributed by atoms with E-state index in [1.54, 1.807) is 25.4 Å². The maximum absolute atomic E-state index is 6.09. The number of hydrogen-bond donors (Lipinski definition) is 1. The van der Waals surface area contributed by atoms with Crippen LogP contribution >= 0.6 is 0 Å². The quantitative estimate of drug-likeness (QED) is 0.836. The molecule has 2 aromatic rings. The van der Waals surface area contributed by atoms with E-state index in [0.717, 1.165) is 17.1 Å². The van der Waals surface area contributed by atoms with Gasteiger partial charge >= 0.3 is 0 Å². The molecule has 0 radical (unpaired) electrons. The summed E-state index contributed by atoms with van der Waals surface area (Å²) in [6, 6.07) is 3.68. The number of aromatic nitrogens is 3. The average Bonchev–Trinajstić information content (AvgIpc) is 2.67. The van der Waals surface area contributed by atoms with Gasteiger partial charge < -0.3 is 15.0 Å². The molecule has 0 fully saturated rings. The van der Waals surface area contributed by atoms with Crippen molar-refractivity contribution in [2.24, 2.45) is 0 Å². The molecule has 2 heterocycles. The van der Waals surface area contributed by atoms with Crippen molar-refractivity contribution in [3.8, 4) is 17.1 Å². The van der Waals surface area contributed by atoms with Crippen LogP contribution in [0.4, 0.5) is 5.82 Å². The minimum atomic E-state index is 0.569. The predicted molar refractivity (Wildman–Crippen MR) is 71.4 cm³/mol. The summed E-state index contributed by atoms with van der Waals surface area (Å²) in [6.45, 7) is 6.27. The molecule has 94 valence electrons. The zero-order valence-corrected chi connectivity index (χ0v) is 10.6. The predicted octanol–water partition coefficient (Wildman–Crippen LogP) is 2.03. The number of nitrogen functional groups attached to an aromatic ring is 1. The molecule has 0 aliphatic heterocycles. The molecule has 0 aromatic carbocycles. The number of imidazole rings is 1. The van der Waals surface area contributed by atoms with Crippen molar-refractivity contribution in [3.05, 3.63) is 36.8 Å². The number of methoxy groups -OCH3 is 1. The Labute approximate surface area is 106 Å². The van der Waals surface area contributed by atoms with E-state index >= 15 is 0 Å². The van der Waals surface area contributed by atoms with E-state index in [0.29, 0.717) is 18.2 Å². The van der Waals surface area contributed by atoms with Gasteiger partial charge in [0.05, 0.1) is 7.11 Å². The van der Waals surface area contributed by atoms with Crippen LogP contribution in [0.5, 0.6) is 5.88 Å². The van der Waals surface area contributed by atoms with E-state index in [-0.39, 0.29) is 0 Å². The zero-order valence-electron chi connectivity index (χ0n) is 10.6. The number of pyridine rings is 1. The number of anilines is 1. The lowest BCUT2D eigenvalue weighted by Crippen LogP contribution is -2.03. The normalized spacial score (nSPS) is 10.3. The molecule has 0 bridgehead atoms. The Kier molecular flexibility index (Phi) is 3.32. The van der Waals surface area contributed by atoms with Crippen LogP contribution in [0.2, 0.25) is 0 Å². The van der Waals surface area contributed by atoms with Crippen LogP contribution in [0.1, 0.15) is 5.82 Å². The van der Waals surface area contributed by atoms with Crippen molar-refractivity contribution >= 4 is 5.82 Å². The van der Waals surface area contributed by atoms with Crippen molar-refractivity contribution < 1.29 is 4.74 Å². The number of ether oxygens (including phenoxy) is 1. The second-order valence-corrected chi connectivity index (χ2v) is 3.88. The van der Waals surface area contributed by atoms with E-state index in [2.05, 4.69) is 16.5 Å². The molecule has 0 saturated carbocycles. The standard InChI is InChI=1S/C13H16N4O/c1-4-7-17-9(2)16-12(13(17)14)10-5-6-11(18-3)15-8-10/h4-6,8H,1,7,14H2,2-3H3. The Balaban J connectivity index is 2.43. The maximum Gasteiger partial charge on any atom is 0.212 e. The SMILES string of the molecule is C=CCn1c(C)nc(-c2ccc(OC)nc2)c1N. The minimum Gasteiger partial charge on any atom is -0.481 e. The summed E-state index contributed by atoms with van der Waals surface area (Å²) in [6.07, 6.45) is 3.50. The highest BCUT2D eigenvalue weighted by atomic mass is 16.5. The number of nitrogens with zero attached hydrogens (tertiary/aromatic N) is 3. The van der Waals surface area contributed by atoms with Crippen LogP contribution in [0.25, 0.3) is 11.3 Å². The van der Waals surface area contributed by atoms with Gasteiger partial charge in [0, 0.05) is 24.4 Å². The average molecular weight is 244 g/mol. The summed E-state index contributed by atoms with van der Waals surface area (Å²) in [7, 11) is 1.58. The number of hydrogen-bond acceptors (Lipinski definition) is 4. The molecule has 0 aliphatic carbocycles. The summed E-state index contributed by atoms with van der Waals surface area (Å²) in [5, 5.41) is 0. The largest absolute Gasteiger partial charge is 0.481 e. The second-order valence-electron chi connectivity index (χ2n) is 3.88. The molecule has 0 atom stereocenters. The number of allylic oxidation sites excluding steroid dienone is 1. The summed E-state index contributed by atoms with van der Waals surface area (Å²) in [5.41, 5.74) is 7.70. The topological polar surface area (TPSA) is 66.0 Å². The molecule has 2 aromatic heterocycles. The lowest BCUT2D eigenvalue weighted by molar-refractivity contribution is 0.398. The molecule has 0 amide bonds. The van der Waals surface area contributed by atoms with Crippen LogP contribution < -0.4 is 10.5 Å². The van der Waals surface area contributed by atoms with Crippen LogP contribution in [0.15, 0.2) is 31.0 Å². The van der Waals surface area contributed by atoms with Crippen LogP contribution in [-0.2, 0) is 6.54 Å². The monoisotopic (exact) mass is 244 g/mol. The first-order valence-electron chi connectivity index (χ1n) is 5.61. The Morgan fingerprint density at radius 3 is 2.83 bits per heavy atom. The Bertz CT molecular complexity index is 557. The van der Waals surface area contributed by atoms with E-state index in [1.165, 1.54) is 0 Å². The summed E-state index contributed by atoms with van der Waals surface area (Å²) in [5.74, 6) is 2.05. The molecule has 0 saturated heterocycles. The highest BCUT2D eigenvalue weighted by Crippen LogP contribution is 2.26. The minimum absolute atomic E-state index is 0.569. The van der Waals surface area contributed by atoms with Gasteiger partial charge in [0.15, 0.2) is 0 Å². The second kappa shape index (κ2) is 4.91. The van der Waals surface area contributed by atoms with Crippen molar-refractivity contribution in [3.63, 3.8) is 0 Å². The lowest BCUT2D eigenvalue weighted by Gasteiger charge is -2.04. The van der Waals surface area contributed by atoms with Gasteiger partial charge in [-0.3, -0.25) is 0 Å². The molecular weight excluding hydrogens is 228 g/mol. The number of aryl methyl sites for hydroxylation is 1. The third kappa shape index (κ3) is 2.07. The Morgan fingerprint density at radius 1 is 1.50 bits per heavy atom. The van der Waals surface area contributed by atoms with Crippen LogP contribution in [0, 0.1) is 6.92 Å². The fourth-order valence-electron chi connectivity index (χ4n) is 1.79. The highest BCUT2D eigenvalue weighted by Gasteiger charge is 2.13. The van der Waals surface area contributed by atoms with Crippen molar-refractivity contribution in [2.75, 3.05) is 12.8 Å². The van der Waals surface area contributed by atoms with Gasteiger partial charge in [0.1, 0.15) is 17.3 Å². The summed E-state index contributed by atoms with van der Waals surface area (Å²) in [4.78, 5) is 8.62. The van der Waals surface area contributed by atoms with Crippen LogP contribution in [-0.4, -0.2) is 21.6 Å². The highest BCUT2D eigenvalue weighted by molar-refractivity contribution is 5.70. The van der Waals surface area contributed by atoms with E-state index < -0.39 is 0 Å². The molecule has 2 N–H and O–H groups in total. The van der Waals surface area contributed by atoms with Gasteiger partial charge in [-0.05, 0) is 13.0 Å². The molecule has 2 rings (SSSR count). The fourth-order valence-corrected chi connectivity index (χ4v) is 1.79. The first-order valence-corrected chi connectivity index (χ1v) is 5.61. The molecule has 5 nitrogen and oxygen atoms in total. The Hall–Kier alpha value is -2.30. The van der Waals surface area contributed by atoms with Crippen molar-refractivity contribution in [1.82, 2.24) is 14.5 Å². The first kappa shape index (κ1) is 12.2.